The molecule has 2 aromatic carbocycles. The zero-order valence-electron chi connectivity index (χ0n) is 13.6. The molecule has 0 atom stereocenters. The quantitative estimate of drug-likeness (QED) is 0.880. The topological polar surface area (TPSA) is 55.4 Å². The third kappa shape index (κ3) is 4.95. The fourth-order valence-electron chi connectivity index (χ4n) is 2.19. The highest BCUT2D eigenvalue weighted by Crippen LogP contribution is 2.23. The summed E-state index contributed by atoms with van der Waals surface area (Å²) in [5, 5.41) is 2.76. The average Bonchev–Trinajstić information content (AvgIpc) is 2.52. The van der Waals surface area contributed by atoms with E-state index in [1.165, 1.54) is 0 Å². The maximum atomic E-state index is 12.3. The molecule has 1 amide bonds. The largest absolute Gasteiger partial charge is 0.452 e. The Balaban J connectivity index is 2.10. The number of carbonyl (C=O) groups excluding carboxylic acids is 2. The first kappa shape index (κ1) is 16.7. The lowest BCUT2D eigenvalue weighted by Gasteiger charge is -2.20. The average molecular weight is 311 g/mol. The van der Waals surface area contributed by atoms with Crippen LogP contribution in [0.2, 0.25) is 0 Å². The number of esters is 1. The first-order chi connectivity index (χ1) is 10.9. The molecule has 0 radical (unpaired) electrons. The van der Waals surface area contributed by atoms with Gasteiger partial charge in [-0.15, -0.1) is 0 Å². The number of amides is 1. The van der Waals surface area contributed by atoms with Crippen molar-refractivity contribution >= 4 is 11.9 Å². The second kappa shape index (κ2) is 7.09. The van der Waals surface area contributed by atoms with E-state index in [-0.39, 0.29) is 18.1 Å². The molecule has 0 spiro atoms. The smallest absolute Gasteiger partial charge is 0.339 e. The van der Waals surface area contributed by atoms with Gasteiger partial charge in [-0.3, -0.25) is 4.79 Å². The van der Waals surface area contributed by atoms with Gasteiger partial charge >= 0.3 is 5.97 Å². The second-order valence-corrected chi connectivity index (χ2v) is 6.29. The minimum Gasteiger partial charge on any atom is -0.452 e. The molecule has 2 rings (SSSR count). The number of hydrogen-bond acceptors (Lipinski definition) is 3. The van der Waals surface area contributed by atoms with Crippen molar-refractivity contribution in [2.75, 3.05) is 6.61 Å². The Bertz CT molecular complexity index is 687. The fourth-order valence-corrected chi connectivity index (χ4v) is 2.19. The third-order valence-electron chi connectivity index (χ3n) is 3.08. The Labute approximate surface area is 136 Å². The van der Waals surface area contributed by atoms with Gasteiger partial charge in [-0.25, -0.2) is 4.79 Å². The molecule has 0 aromatic heterocycles. The van der Waals surface area contributed by atoms with E-state index in [4.69, 9.17) is 4.74 Å². The van der Waals surface area contributed by atoms with Crippen molar-refractivity contribution in [1.29, 1.82) is 0 Å². The van der Waals surface area contributed by atoms with Crippen LogP contribution in [0.5, 0.6) is 0 Å². The molecule has 23 heavy (non-hydrogen) atoms. The Morgan fingerprint density at radius 2 is 1.57 bits per heavy atom. The number of rotatable bonds is 4. The Kier molecular flexibility index (Phi) is 5.16. The van der Waals surface area contributed by atoms with Crippen LogP contribution in [0.3, 0.4) is 0 Å². The van der Waals surface area contributed by atoms with Gasteiger partial charge in [0.25, 0.3) is 5.91 Å². The fraction of sp³-hybridized carbons (Fsp3) is 0.263. The van der Waals surface area contributed by atoms with E-state index in [9.17, 15) is 9.59 Å². The summed E-state index contributed by atoms with van der Waals surface area (Å²) in [4.78, 5) is 24.1. The zero-order chi connectivity index (χ0) is 16.9. The zero-order valence-corrected chi connectivity index (χ0v) is 13.6. The maximum absolute atomic E-state index is 12.3. The summed E-state index contributed by atoms with van der Waals surface area (Å²) >= 11 is 0. The van der Waals surface area contributed by atoms with E-state index in [1.807, 2.05) is 63.2 Å². The van der Waals surface area contributed by atoms with Gasteiger partial charge in [-0.2, -0.15) is 0 Å². The molecule has 2 aromatic rings. The standard InChI is InChI=1S/C19H21NO3/c1-19(2,3)20-17(21)13-23-18(22)16-12-8-7-11-15(16)14-9-5-4-6-10-14/h4-12H,13H2,1-3H3,(H,20,21). The molecule has 0 aliphatic carbocycles. The van der Waals surface area contributed by atoms with Gasteiger partial charge < -0.3 is 10.1 Å². The van der Waals surface area contributed by atoms with Crippen LogP contribution < -0.4 is 5.32 Å². The predicted octanol–water partition coefficient (Wildman–Crippen LogP) is 3.43. The van der Waals surface area contributed by atoms with Gasteiger partial charge in [0.05, 0.1) is 5.56 Å². The second-order valence-electron chi connectivity index (χ2n) is 6.29. The molecule has 0 fully saturated rings. The highest BCUT2D eigenvalue weighted by Gasteiger charge is 2.17. The Morgan fingerprint density at radius 1 is 0.957 bits per heavy atom. The van der Waals surface area contributed by atoms with Crippen molar-refractivity contribution in [3.8, 4) is 11.1 Å². The molecule has 4 heteroatoms. The van der Waals surface area contributed by atoms with Crippen LogP contribution in [-0.4, -0.2) is 24.0 Å². The minimum atomic E-state index is -0.506. The summed E-state index contributed by atoms with van der Waals surface area (Å²) in [6.45, 7) is 5.32. The van der Waals surface area contributed by atoms with Crippen molar-refractivity contribution in [3.05, 3.63) is 60.2 Å². The number of nitrogens with one attached hydrogen (secondary N) is 1. The number of hydrogen-bond donors (Lipinski definition) is 1. The molecule has 1 N–H and O–H groups in total. The number of ether oxygens (including phenoxy) is 1. The maximum Gasteiger partial charge on any atom is 0.339 e. The van der Waals surface area contributed by atoms with Crippen LogP contribution in [0, 0.1) is 0 Å². The van der Waals surface area contributed by atoms with Gasteiger partial charge in [-0.1, -0.05) is 48.5 Å². The SMILES string of the molecule is CC(C)(C)NC(=O)COC(=O)c1ccccc1-c1ccccc1. The van der Waals surface area contributed by atoms with E-state index >= 15 is 0 Å². The lowest BCUT2D eigenvalue weighted by molar-refractivity contribution is -0.125. The molecule has 4 nitrogen and oxygen atoms in total. The molecular formula is C19H21NO3. The van der Waals surface area contributed by atoms with Gasteiger partial charge in [0, 0.05) is 5.54 Å². The summed E-state index contributed by atoms with van der Waals surface area (Å²) in [7, 11) is 0. The number of carbonyl (C=O) groups is 2. The molecule has 0 aliphatic heterocycles. The van der Waals surface area contributed by atoms with E-state index < -0.39 is 5.97 Å². The predicted molar refractivity (Wildman–Crippen MR) is 90.1 cm³/mol. The monoisotopic (exact) mass is 311 g/mol. The number of benzene rings is 2. The summed E-state index contributed by atoms with van der Waals surface area (Å²) in [5.41, 5.74) is 1.81. The minimum absolute atomic E-state index is 0.292. The molecule has 0 unspecified atom stereocenters. The summed E-state index contributed by atoms with van der Waals surface area (Å²) in [6.07, 6.45) is 0. The molecule has 0 saturated heterocycles. The van der Waals surface area contributed by atoms with E-state index in [1.54, 1.807) is 12.1 Å². The molecule has 0 saturated carbocycles. The molecular weight excluding hydrogens is 290 g/mol. The van der Waals surface area contributed by atoms with Crippen molar-refractivity contribution in [2.24, 2.45) is 0 Å². The van der Waals surface area contributed by atoms with Crippen molar-refractivity contribution < 1.29 is 14.3 Å². The van der Waals surface area contributed by atoms with Crippen molar-refractivity contribution in [2.45, 2.75) is 26.3 Å². The first-order valence-electron chi connectivity index (χ1n) is 7.49. The van der Waals surface area contributed by atoms with E-state index in [0.29, 0.717) is 5.56 Å². The normalized spacial score (nSPS) is 10.9. The Morgan fingerprint density at radius 3 is 2.22 bits per heavy atom. The summed E-state index contributed by atoms with van der Waals surface area (Å²) in [5.74, 6) is -0.823. The summed E-state index contributed by atoms with van der Waals surface area (Å²) in [6, 6.07) is 16.8. The lowest BCUT2D eigenvalue weighted by Crippen LogP contribution is -2.42. The van der Waals surface area contributed by atoms with Crippen LogP contribution in [0.15, 0.2) is 54.6 Å². The van der Waals surface area contributed by atoms with Crippen molar-refractivity contribution in [1.82, 2.24) is 5.32 Å². The van der Waals surface area contributed by atoms with Crippen molar-refractivity contribution in [3.63, 3.8) is 0 Å². The van der Waals surface area contributed by atoms with Gasteiger partial charge in [0.15, 0.2) is 6.61 Å². The highest BCUT2D eigenvalue weighted by atomic mass is 16.5. The third-order valence-corrected chi connectivity index (χ3v) is 3.08. The van der Waals surface area contributed by atoms with Crippen LogP contribution in [0.1, 0.15) is 31.1 Å². The van der Waals surface area contributed by atoms with Crippen LogP contribution in [-0.2, 0) is 9.53 Å². The van der Waals surface area contributed by atoms with Gasteiger partial charge in [0.2, 0.25) is 0 Å². The van der Waals surface area contributed by atoms with Crippen LogP contribution >= 0.6 is 0 Å². The van der Waals surface area contributed by atoms with Crippen LogP contribution in [0.25, 0.3) is 11.1 Å². The highest BCUT2D eigenvalue weighted by molar-refractivity contribution is 5.98. The van der Waals surface area contributed by atoms with Gasteiger partial charge in [0.1, 0.15) is 0 Å². The Hall–Kier alpha value is -2.62. The van der Waals surface area contributed by atoms with E-state index in [0.717, 1.165) is 11.1 Å². The summed E-state index contributed by atoms with van der Waals surface area (Å²) < 4.78 is 5.15. The molecule has 0 heterocycles. The lowest BCUT2D eigenvalue weighted by atomic mass is 10.00. The first-order valence-corrected chi connectivity index (χ1v) is 7.49. The van der Waals surface area contributed by atoms with Gasteiger partial charge in [-0.05, 0) is 38.0 Å². The van der Waals surface area contributed by atoms with Crippen LogP contribution in [0.4, 0.5) is 0 Å². The van der Waals surface area contributed by atoms with E-state index in [2.05, 4.69) is 5.32 Å². The molecule has 0 aliphatic rings. The molecule has 0 bridgehead atoms. The molecule has 120 valence electrons.